The van der Waals surface area contributed by atoms with E-state index >= 15 is 0 Å². The number of aromatic nitrogens is 1. The first-order valence-corrected chi connectivity index (χ1v) is 3.77. The molecular weight excluding hydrogens is 172 g/mol. The molecule has 1 heterocycles. The number of ether oxygens (including phenoxy) is 1. The molecular formula is C8H10N2O3. The zero-order valence-electron chi connectivity index (χ0n) is 7.15. The van der Waals surface area contributed by atoms with Gasteiger partial charge in [0, 0.05) is 6.20 Å². The van der Waals surface area contributed by atoms with Crippen molar-refractivity contribution in [2.24, 2.45) is 0 Å². The summed E-state index contributed by atoms with van der Waals surface area (Å²) < 4.78 is 5.03. The highest BCUT2D eigenvalue weighted by atomic mass is 16.5. The van der Waals surface area contributed by atoms with Crippen molar-refractivity contribution in [1.82, 2.24) is 4.98 Å². The highest BCUT2D eigenvalue weighted by Gasteiger charge is 2.12. The molecule has 0 spiro atoms. The molecule has 0 fully saturated rings. The molecule has 0 radical (unpaired) electrons. The van der Waals surface area contributed by atoms with Crippen LogP contribution in [0.1, 0.15) is 17.3 Å². The first kappa shape index (κ1) is 9.31. The summed E-state index contributed by atoms with van der Waals surface area (Å²) in [5, 5.41) is 8.69. The van der Waals surface area contributed by atoms with E-state index in [0.29, 0.717) is 6.61 Å². The second kappa shape index (κ2) is 3.75. The Hall–Kier alpha value is -1.78. The van der Waals surface area contributed by atoms with E-state index < -0.39 is 5.97 Å². The molecule has 0 aromatic carbocycles. The summed E-state index contributed by atoms with van der Waals surface area (Å²) in [6, 6.07) is 1.33. The van der Waals surface area contributed by atoms with Gasteiger partial charge in [0.1, 0.15) is 5.69 Å². The van der Waals surface area contributed by atoms with Crippen molar-refractivity contribution in [3.8, 4) is 5.88 Å². The average Bonchev–Trinajstić information content (AvgIpc) is 2.08. The molecule has 13 heavy (non-hydrogen) atoms. The molecule has 0 saturated carbocycles. The lowest BCUT2D eigenvalue weighted by Crippen LogP contribution is -2.06. The minimum Gasteiger partial charge on any atom is -0.478 e. The maximum absolute atomic E-state index is 10.6. The summed E-state index contributed by atoms with van der Waals surface area (Å²) in [6.45, 7) is 2.18. The standard InChI is InChI=1S/C8H10N2O3/c1-2-13-7-6(9)5(8(11)12)3-4-10-7/h3-4H,2,9H2,1H3,(H,11,12). The second-order valence-electron chi connectivity index (χ2n) is 2.32. The van der Waals surface area contributed by atoms with E-state index in [0.717, 1.165) is 0 Å². The molecule has 0 atom stereocenters. The summed E-state index contributed by atoms with van der Waals surface area (Å²) in [5.41, 5.74) is 5.58. The Labute approximate surface area is 75.2 Å². The first-order chi connectivity index (χ1) is 6.16. The maximum Gasteiger partial charge on any atom is 0.338 e. The summed E-state index contributed by atoms with van der Waals surface area (Å²) in [5.74, 6) is -0.914. The zero-order chi connectivity index (χ0) is 9.84. The van der Waals surface area contributed by atoms with Gasteiger partial charge in [-0.2, -0.15) is 0 Å². The molecule has 1 rings (SSSR count). The van der Waals surface area contributed by atoms with Gasteiger partial charge in [0.15, 0.2) is 0 Å². The monoisotopic (exact) mass is 182 g/mol. The van der Waals surface area contributed by atoms with Crippen LogP contribution < -0.4 is 10.5 Å². The van der Waals surface area contributed by atoms with Crippen molar-refractivity contribution in [2.75, 3.05) is 12.3 Å². The van der Waals surface area contributed by atoms with Gasteiger partial charge in [0.2, 0.25) is 5.88 Å². The van der Waals surface area contributed by atoms with E-state index in [1.54, 1.807) is 6.92 Å². The molecule has 0 saturated heterocycles. The lowest BCUT2D eigenvalue weighted by molar-refractivity contribution is 0.0697. The van der Waals surface area contributed by atoms with Crippen molar-refractivity contribution in [3.63, 3.8) is 0 Å². The van der Waals surface area contributed by atoms with Crippen molar-refractivity contribution >= 4 is 11.7 Å². The van der Waals surface area contributed by atoms with E-state index in [2.05, 4.69) is 4.98 Å². The van der Waals surface area contributed by atoms with Crippen LogP contribution in [0.2, 0.25) is 0 Å². The van der Waals surface area contributed by atoms with Crippen LogP contribution in [-0.4, -0.2) is 22.7 Å². The molecule has 3 N–H and O–H groups in total. The molecule has 0 aliphatic heterocycles. The molecule has 1 aromatic heterocycles. The van der Waals surface area contributed by atoms with Crippen molar-refractivity contribution in [1.29, 1.82) is 0 Å². The Morgan fingerprint density at radius 1 is 1.77 bits per heavy atom. The molecule has 1 aromatic rings. The van der Waals surface area contributed by atoms with Crippen LogP contribution in [0, 0.1) is 0 Å². The number of nitrogens with two attached hydrogens (primary N) is 1. The zero-order valence-corrected chi connectivity index (χ0v) is 7.15. The Morgan fingerprint density at radius 3 is 3.00 bits per heavy atom. The third kappa shape index (κ3) is 1.87. The minimum absolute atomic E-state index is 0.0125. The number of hydrogen-bond donors (Lipinski definition) is 2. The maximum atomic E-state index is 10.6. The molecule has 0 aliphatic rings. The summed E-state index contributed by atoms with van der Waals surface area (Å²) >= 11 is 0. The Balaban J connectivity index is 3.10. The molecule has 0 unspecified atom stereocenters. The van der Waals surface area contributed by atoms with Crippen LogP contribution in [0.3, 0.4) is 0 Å². The van der Waals surface area contributed by atoms with E-state index in [-0.39, 0.29) is 17.1 Å². The number of carboxylic acids is 1. The van der Waals surface area contributed by atoms with E-state index in [1.165, 1.54) is 12.3 Å². The fourth-order valence-electron chi connectivity index (χ4n) is 0.892. The predicted octanol–water partition coefficient (Wildman–Crippen LogP) is 0.761. The van der Waals surface area contributed by atoms with Gasteiger partial charge in [0.05, 0.1) is 12.2 Å². The van der Waals surface area contributed by atoms with Crippen molar-refractivity contribution in [3.05, 3.63) is 17.8 Å². The van der Waals surface area contributed by atoms with Gasteiger partial charge in [-0.05, 0) is 13.0 Å². The summed E-state index contributed by atoms with van der Waals surface area (Å²) in [7, 11) is 0. The predicted molar refractivity (Wildman–Crippen MR) is 46.8 cm³/mol. The number of anilines is 1. The normalized spacial score (nSPS) is 9.62. The smallest absolute Gasteiger partial charge is 0.338 e. The van der Waals surface area contributed by atoms with Gasteiger partial charge in [-0.15, -0.1) is 0 Å². The van der Waals surface area contributed by atoms with Crippen molar-refractivity contribution < 1.29 is 14.6 Å². The number of aromatic carboxylic acids is 1. The lowest BCUT2D eigenvalue weighted by Gasteiger charge is -2.06. The van der Waals surface area contributed by atoms with E-state index in [1.807, 2.05) is 0 Å². The summed E-state index contributed by atoms with van der Waals surface area (Å²) in [6.07, 6.45) is 1.35. The van der Waals surface area contributed by atoms with Crippen LogP contribution >= 0.6 is 0 Å². The number of carboxylic acid groups (broad SMARTS) is 1. The molecule has 0 aliphatic carbocycles. The minimum atomic E-state index is -1.08. The van der Waals surface area contributed by atoms with E-state index in [9.17, 15) is 4.79 Å². The second-order valence-corrected chi connectivity index (χ2v) is 2.32. The van der Waals surface area contributed by atoms with Gasteiger partial charge in [-0.1, -0.05) is 0 Å². The van der Waals surface area contributed by atoms with Gasteiger partial charge in [-0.25, -0.2) is 9.78 Å². The highest BCUT2D eigenvalue weighted by molar-refractivity contribution is 5.94. The molecule has 0 bridgehead atoms. The number of pyridine rings is 1. The van der Waals surface area contributed by atoms with Crippen LogP contribution in [0.15, 0.2) is 12.3 Å². The number of rotatable bonds is 3. The fraction of sp³-hybridized carbons (Fsp3) is 0.250. The van der Waals surface area contributed by atoms with Gasteiger partial charge in [-0.3, -0.25) is 0 Å². The van der Waals surface area contributed by atoms with Crippen molar-refractivity contribution in [2.45, 2.75) is 6.92 Å². The third-order valence-electron chi connectivity index (χ3n) is 1.47. The first-order valence-electron chi connectivity index (χ1n) is 3.77. The Kier molecular flexibility index (Phi) is 2.69. The van der Waals surface area contributed by atoms with Gasteiger partial charge < -0.3 is 15.6 Å². The lowest BCUT2D eigenvalue weighted by atomic mass is 10.2. The number of hydrogen-bond acceptors (Lipinski definition) is 4. The van der Waals surface area contributed by atoms with Crippen LogP contribution in [0.4, 0.5) is 5.69 Å². The van der Waals surface area contributed by atoms with Crippen LogP contribution in [-0.2, 0) is 0 Å². The Bertz CT molecular complexity index is 325. The average molecular weight is 182 g/mol. The highest BCUT2D eigenvalue weighted by Crippen LogP contribution is 2.21. The van der Waals surface area contributed by atoms with E-state index in [4.69, 9.17) is 15.6 Å². The van der Waals surface area contributed by atoms with Gasteiger partial charge >= 0.3 is 5.97 Å². The SMILES string of the molecule is CCOc1nccc(C(=O)O)c1N. The molecule has 5 heteroatoms. The number of carbonyl (C=O) groups is 1. The molecule has 5 nitrogen and oxygen atoms in total. The topological polar surface area (TPSA) is 85.4 Å². The number of nitrogens with zero attached hydrogens (tertiary/aromatic N) is 1. The largest absolute Gasteiger partial charge is 0.478 e. The van der Waals surface area contributed by atoms with Crippen LogP contribution in [0.5, 0.6) is 5.88 Å². The Morgan fingerprint density at radius 2 is 2.46 bits per heavy atom. The third-order valence-corrected chi connectivity index (χ3v) is 1.47. The number of nitrogen functional groups attached to an aromatic ring is 1. The molecule has 0 amide bonds. The van der Waals surface area contributed by atoms with Gasteiger partial charge in [0.25, 0.3) is 0 Å². The fourth-order valence-corrected chi connectivity index (χ4v) is 0.892. The quantitative estimate of drug-likeness (QED) is 0.720. The molecule has 70 valence electrons. The van der Waals surface area contributed by atoms with Crippen LogP contribution in [0.25, 0.3) is 0 Å². The summed E-state index contributed by atoms with van der Waals surface area (Å²) in [4.78, 5) is 14.4.